The number of rotatable bonds is 6. The zero-order valence-corrected chi connectivity index (χ0v) is 17.3. The summed E-state index contributed by atoms with van der Waals surface area (Å²) in [7, 11) is 1.69. The molecule has 0 aliphatic carbocycles. The standard InChI is InChI=1S/C21H14F5N5O3/c1-30-9-12(7-28-30)10-31-11-16(23)19(29-20(31)32)34-13-2-4-17(15(22)6-13)33-14-3-5-18(27-8-14)21(24,25)26/h2-9,11H,10H2,1H3. The second-order valence-corrected chi connectivity index (χ2v) is 7.00. The number of aromatic nitrogens is 5. The first-order chi connectivity index (χ1) is 16.1. The number of nitrogens with zero attached hydrogens (tertiary/aromatic N) is 5. The zero-order chi connectivity index (χ0) is 24.5. The van der Waals surface area contributed by atoms with E-state index in [0.717, 1.165) is 35.2 Å². The van der Waals surface area contributed by atoms with E-state index in [2.05, 4.69) is 15.1 Å². The van der Waals surface area contributed by atoms with Crippen molar-refractivity contribution in [1.82, 2.24) is 24.3 Å². The quantitative estimate of drug-likeness (QED) is 0.384. The molecule has 0 bridgehead atoms. The summed E-state index contributed by atoms with van der Waals surface area (Å²) in [5, 5.41) is 3.96. The average Bonchev–Trinajstić information content (AvgIpc) is 3.18. The van der Waals surface area contributed by atoms with Gasteiger partial charge in [-0.1, -0.05) is 0 Å². The van der Waals surface area contributed by atoms with Gasteiger partial charge >= 0.3 is 11.9 Å². The molecule has 0 aliphatic rings. The van der Waals surface area contributed by atoms with E-state index in [1.54, 1.807) is 13.2 Å². The van der Waals surface area contributed by atoms with Crippen LogP contribution in [0.5, 0.6) is 23.1 Å². The Kier molecular flexibility index (Phi) is 6.01. The minimum absolute atomic E-state index is 0.0380. The van der Waals surface area contributed by atoms with Crippen molar-refractivity contribution in [3.8, 4) is 23.1 Å². The molecule has 0 saturated carbocycles. The normalized spacial score (nSPS) is 11.5. The number of alkyl halides is 3. The lowest BCUT2D eigenvalue weighted by Crippen LogP contribution is -2.24. The van der Waals surface area contributed by atoms with Crippen LogP contribution in [0, 0.1) is 11.6 Å². The fourth-order valence-corrected chi connectivity index (χ4v) is 2.86. The summed E-state index contributed by atoms with van der Waals surface area (Å²) in [6.07, 6.45) is 0.255. The van der Waals surface area contributed by atoms with Crippen molar-refractivity contribution in [1.29, 1.82) is 0 Å². The van der Waals surface area contributed by atoms with Crippen LogP contribution in [0.4, 0.5) is 22.0 Å². The molecule has 1 aromatic carbocycles. The second kappa shape index (κ2) is 8.92. The third-order valence-corrected chi connectivity index (χ3v) is 4.40. The predicted molar refractivity (Wildman–Crippen MR) is 107 cm³/mol. The average molecular weight is 479 g/mol. The van der Waals surface area contributed by atoms with Gasteiger partial charge in [0.05, 0.1) is 25.1 Å². The number of hydrogen-bond acceptors (Lipinski definition) is 6. The summed E-state index contributed by atoms with van der Waals surface area (Å²) >= 11 is 0. The summed E-state index contributed by atoms with van der Waals surface area (Å²) in [6.45, 7) is 0.0380. The molecule has 4 rings (SSSR count). The molecule has 0 aliphatic heterocycles. The van der Waals surface area contributed by atoms with Crippen molar-refractivity contribution in [2.45, 2.75) is 12.7 Å². The zero-order valence-electron chi connectivity index (χ0n) is 17.3. The Balaban J connectivity index is 1.48. The molecule has 0 amide bonds. The maximum Gasteiger partial charge on any atom is 0.433 e. The Morgan fingerprint density at radius 3 is 2.35 bits per heavy atom. The van der Waals surface area contributed by atoms with Crippen molar-refractivity contribution < 1.29 is 31.4 Å². The molecule has 176 valence electrons. The van der Waals surface area contributed by atoms with Gasteiger partial charge in [0.15, 0.2) is 11.6 Å². The van der Waals surface area contributed by atoms with Crippen LogP contribution in [0.2, 0.25) is 0 Å². The molecule has 3 aromatic heterocycles. The topological polar surface area (TPSA) is 84.1 Å². The van der Waals surface area contributed by atoms with Gasteiger partial charge in [-0.25, -0.2) is 14.2 Å². The van der Waals surface area contributed by atoms with Gasteiger partial charge in [-0.15, -0.1) is 0 Å². The molecule has 8 nitrogen and oxygen atoms in total. The maximum atomic E-state index is 14.4. The van der Waals surface area contributed by atoms with E-state index in [-0.39, 0.29) is 23.8 Å². The van der Waals surface area contributed by atoms with Crippen molar-refractivity contribution in [2.75, 3.05) is 0 Å². The van der Waals surface area contributed by atoms with E-state index in [0.29, 0.717) is 11.6 Å². The highest BCUT2D eigenvalue weighted by molar-refractivity contribution is 5.38. The van der Waals surface area contributed by atoms with Gasteiger partial charge in [0.25, 0.3) is 5.88 Å². The first-order valence-electron chi connectivity index (χ1n) is 9.51. The molecule has 0 radical (unpaired) electrons. The van der Waals surface area contributed by atoms with Crippen LogP contribution in [0.25, 0.3) is 0 Å². The lowest BCUT2D eigenvalue weighted by Gasteiger charge is -2.11. The molecule has 0 unspecified atom stereocenters. The summed E-state index contributed by atoms with van der Waals surface area (Å²) in [5.74, 6) is -3.24. The Morgan fingerprint density at radius 2 is 1.74 bits per heavy atom. The fraction of sp³-hybridized carbons (Fsp3) is 0.143. The minimum Gasteiger partial charge on any atom is -0.453 e. The number of ether oxygens (including phenoxy) is 2. The first kappa shape index (κ1) is 22.9. The summed E-state index contributed by atoms with van der Waals surface area (Å²) < 4.78 is 79.5. The third kappa shape index (κ3) is 5.19. The Hall–Kier alpha value is -4.29. The summed E-state index contributed by atoms with van der Waals surface area (Å²) in [5.41, 5.74) is -1.27. The SMILES string of the molecule is Cn1cc(Cn2cc(F)c(Oc3ccc(Oc4ccc(C(F)(F)F)nc4)c(F)c3)nc2=O)cn1. The van der Waals surface area contributed by atoms with Gasteiger partial charge in [0.1, 0.15) is 17.2 Å². The lowest BCUT2D eigenvalue weighted by molar-refractivity contribution is -0.141. The third-order valence-electron chi connectivity index (χ3n) is 4.40. The van der Waals surface area contributed by atoms with E-state index >= 15 is 0 Å². The number of benzene rings is 1. The molecule has 3 heterocycles. The molecular weight excluding hydrogens is 465 g/mol. The summed E-state index contributed by atoms with van der Waals surface area (Å²) in [4.78, 5) is 19.0. The van der Waals surface area contributed by atoms with Crippen LogP contribution in [-0.4, -0.2) is 24.3 Å². The molecule has 0 N–H and O–H groups in total. The van der Waals surface area contributed by atoms with Crippen LogP contribution < -0.4 is 15.2 Å². The molecule has 0 spiro atoms. The van der Waals surface area contributed by atoms with Crippen molar-refractivity contribution in [3.05, 3.63) is 88.5 Å². The van der Waals surface area contributed by atoms with Crippen LogP contribution in [0.3, 0.4) is 0 Å². The molecule has 0 atom stereocenters. The van der Waals surface area contributed by atoms with Crippen molar-refractivity contribution >= 4 is 0 Å². The van der Waals surface area contributed by atoms with Gasteiger partial charge in [0, 0.05) is 24.9 Å². The highest BCUT2D eigenvalue weighted by atomic mass is 19.4. The lowest BCUT2D eigenvalue weighted by atomic mass is 10.3. The van der Waals surface area contributed by atoms with Crippen molar-refractivity contribution in [2.24, 2.45) is 7.05 Å². The van der Waals surface area contributed by atoms with Crippen LogP contribution in [0.15, 0.2) is 59.9 Å². The number of hydrogen-bond donors (Lipinski definition) is 0. The van der Waals surface area contributed by atoms with E-state index < -0.39 is 35.1 Å². The van der Waals surface area contributed by atoms with Crippen LogP contribution in [0.1, 0.15) is 11.3 Å². The Morgan fingerprint density at radius 1 is 0.971 bits per heavy atom. The van der Waals surface area contributed by atoms with E-state index in [9.17, 15) is 26.7 Å². The van der Waals surface area contributed by atoms with E-state index in [1.807, 2.05) is 0 Å². The van der Waals surface area contributed by atoms with Gasteiger partial charge in [0.2, 0.25) is 5.82 Å². The van der Waals surface area contributed by atoms with E-state index in [4.69, 9.17) is 9.47 Å². The first-order valence-corrected chi connectivity index (χ1v) is 9.51. The molecular formula is C21H14F5N5O3. The molecule has 0 saturated heterocycles. The fourth-order valence-electron chi connectivity index (χ4n) is 2.86. The van der Waals surface area contributed by atoms with Gasteiger partial charge in [-0.3, -0.25) is 9.25 Å². The number of halogens is 5. The van der Waals surface area contributed by atoms with Crippen LogP contribution >= 0.6 is 0 Å². The van der Waals surface area contributed by atoms with Crippen molar-refractivity contribution in [3.63, 3.8) is 0 Å². The van der Waals surface area contributed by atoms with E-state index in [1.165, 1.54) is 16.9 Å². The van der Waals surface area contributed by atoms with Gasteiger partial charge < -0.3 is 9.47 Å². The minimum atomic E-state index is -4.62. The maximum absolute atomic E-state index is 14.4. The highest BCUT2D eigenvalue weighted by Crippen LogP contribution is 2.32. The largest absolute Gasteiger partial charge is 0.453 e. The smallest absolute Gasteiger partial charge is 0.433 e. The highest BCUT2D eigenvalue weighted by Gasteiger charge is 2.32. The van der Waals surface area contributed by atoms with Crippen LogP contribution in [-0.2, 0) is 19.8 Å². The second-order valence-electron chi connectivity index (χ2n) is 7.00. The predicted octanol–water partition coefficient (Wildman–Crippen LogP) is 4.30. The Labute approximate surface area is 187 Å². The molecule has 4 aromatic rings. The Bertz CT molecular complexity index is 1380. The summed E-state index contributed by atoms with van der Waals surface area (Å²) in [6, 6.07) is 4.84. The van der Waals surface area contributed by atoms with Gasteiger partial charge in [-0.05, 0) is 24.3 Å². The monoisotopic (exact) mass is 479 g/mol. The molecule has 34 heavy (non-hydrogen) atoms. The number of pyridine rings is 1. The molecule has 0 fully saturated rings. The molecule has 13 heteroatoms. The number of aryl methyl sites for hydroxylation is 1. The van der Waals surface area contributed by atoms with Gasteiger partial charge in [-0.2, -0.15) is 27.6 Å².